The van der Waals surface area contributed by atoms with E-state index in [2.05, 4.69) is 33.0 Å². The number of fused-ring (bicyclic) bond motifs is 1. The molecule has 0 atom stereocenters. The molecule has 2 rings (SSSR count). The molecule has 0 aromatic carbocycles. The standard InChI is InChI=1S/C6H4BrNS/c7-6-3-4-5(9-6)1-2-8-4/h1-3,8H. The largest absolute Gasteiger partial charge is 0.360 e. The molecular formula is C6H4BrNS. The van der Waals surface area contributed by atoms with Gasteiger partial charge < -0.3 is 4.98 Å². The molecule has 0 unspecified atom stereocenters. The predicted molar refractivity (Wildman–Crippen MR) is 43.9 cm³/mol. The first-order valence-electron chi connectivity index (χ1n) is 2.59. The lowest BCUT2D eigenvalue weighted by molar-refractivity contribution is 1.48. The highest BCUT2D eigenvalue weighted by Crippen LogP contribution is 2.28. The fraction of sp³-hybridized carbons (Fsp3) is 0. The lowest BCUT2D eigenvalue weighted by Crippen LogP contribution is -1.51. The number of hydrogen-bond donors (Lipinski definition) is 1. The van der Waals surface area contributed by atoms with Crippen molar-refractivity contribution in [2.24, 2.45) is 0 Å². The van der Waals surface area contributed by atoms with Crippen molar-refractivity contribution in [3.63, 3.8) is 0 Å². The number of rotatable bonds is 0. The van der Waals surface area contributed by atoms with Gasteiger partial charge in [0.2, 0.25) is 0 Å². The summed E-state index contributed by atoms with van der Waals surface area (Å²) in [5.74, 6) is 0. The van der Waals surface area contributed by atoms with E-state index >= 15 is 0 Å². The summed E-state index contributed by atoms with van der Waals surface area (Å²) in [4.78, 5) is 3.12. The second-order valence-corrected chi connectivity index (χ2v) is 4.27. The summed E-state index contributed by atoms with van der Waals surface area (Å²) in [7, 11) is 0. The molecule has 9 heavy (non-hydrogen) atoms. The van der Waals surface area contributed by atoms with Crippen molar-refractivity contribution in [3.8, 4) is 0 Å². The Labute approximate surface area is 64.8 Å². The summed E-state index contributed by atoms with van der Waals surface area (Å²) in [6, 6.07) is 4.16. The Morgan fingerprint density at radius 3 is 3.22 bits per heavy atom. The maximum absolute atomic E-state index is 3.40. The van der Waals surface area contributed by atoms with Crippen molar-refractivity contribution in [2.45, 2.75) is 0 Å². The fourth-order valence-electron chi connectivity index (χ4n) is 0.818. The third-order valence-electron chi connectivity index (χ3n) is 1.20. The van der Waals surface area contributed by atoms with Crippen LogP contribution in [0, 0.1) is 0 Å². The predicted octanol–water partition coefficient (Wildman–Crippen LogP) is 2.99. The van der Waals surface area contributed by atoms with Gasteiger partial charge in [0, 0.05) is 6.20 Å². The first-order valence-corrected chi connectivity index (χ1v) is 4.19. The molecule has 3 heteroatoms. The number of thiophene rings is 1. The van der Waals surface area contributed by atoms with Crippen molar-refractivity contribution in [1.82, 2.24) is 4.98 Å². The molecule has 0 saturated heterocycles. The van der Waals surface area contributed by atoms with Crippen LogP contribution in [0.1, 0.15) is 0 Å². The summed E-state index contributed by atoms with van der Waals surface area (Å²) in [5, 5.41) is 0. The van der Waals surface area contributed by atoms with Gasteiger partial charge in [-0.25, -0.2) is 0 Å². The Balaban J connectivity index is 2.92. The summed E-state index contributed by atoms with van der Waals surface area (Å²) in [5.41, 5.74) is 1.21. The molecule has 2 aromatic heterocycles. The van der Waals surface area contributed by atoms with E-state index in [0.29, 0.717) is 0 Å². The first kappa shape index (κ1) is 5.50. The van der Waals surface area contributed by atoms with Crippen molar-refractivity contribution >= 4 is 37.5 Å². The summed E-state index contributed by atoms with van der Waals surface area (Å²) in [6.07, 6.45) is 1.95. The molecule has 0 amide bonds. The van der Waals surface area contributed by atoms with Crippen LogP contribution in [0.4, 0.5) is 0 Å². The Bertz CT molecular complexity index is 294. The van der Waals surface area contributed by atoms with E-state index in [1.807, 2.05) is 6.20 Å². The zero-order valence-corrected chi connectivity index (χ0v) is 6.92. The first-order chi connectivity index (χ1) is 4.36. The monoisotopic (exact) mass is 201 g/mol. The molecular weight excluding hydrogens is 198 g/mol. The van der Waals surface area contributed by atoms with Gasteiger partial charge in [0.1, 0.15) is 0 Å². The van der Waals surface area contributed by atoms with Crippen LogP contribution in [0.2, 0.25) is 0 Å². The van der Waals surface area contributed by atoms with Crippen LogP contribution in [0.25, 0.3) is 10.2 Å². The van der Waals surface area contributed by atoms with Gasteiger partial charge in [-0.15, -0.1) is 11.3 Å². The lowest BCUT2D eigenvalue weighted by Gasteiger charge is -1.68. The van der Waals surface area contributed by atoms with Gasteiger partial charge in [-0.05, 0) is 28.1 Å². The van der Waals surface area contributed by atoms with Crippen LogP contribution in [0.15, 0.2) is 22.1 Å². The van der Waals surface area contributed by atoms with E-state index in [4.69, 9.17) is 0 Å². The van der Waals surface area contributed by atoms with Crippen LogP contribution < -0.4 is 0 Å². The Morgan fingerprint density at radius 1 is 1.56 bits per heavy atom. The quantitative estimate of drug-likeness (QED) is 0.675. The highest BCUT2D eigenvalue weighted by atomic mass is 79.9. The molecule has 0 aliphatic carbocycles. The van der Waals surface area contributed by atoms with Crippen LogP contribution in [-0.2, 0) is 0 Å². The molecule has 0 aliphatic heterocycles. The number of hydrogen-bond acceptors (Lipinski definition) is 1. The Hall–Kier alpha value is -0.280. The van der Waals surface area contributed by atoms with Crippen LogP contribution in [0.5, 0.6) is 0 Å². The van der Waals surface area contributed by atoms with Crippen molar-refractivity contribution in [3.05, 3.63) is 22.1 Å². The van der Waals surface area contributed by atoms with Gasteiger partial charge in [0.15, 0.2) is 0 Å². The van der Waals surface area contributed by atoms with Crippen LogP contribution in [0.3, 0.4) is 0 Å². The van der Waals surface area contributed by atoms with E-state index in [-0.39, 0.29) is 0 Å². The zero-order chi connectivity index (χ0) is 6.27. The van der Waals surface area contributed by atoms with E-state index in [0.717, 1.165) is 0 Å². The SMILES string of the molecule is Brc1cc2[nH]ccc2s1. The smallest absolute Gasteiger partial charge is 0.0726 e. The molecule has 1 nitrogen and oxygen atoms in total. The zero-order valence-electron chi connectivity index (χ0n) is 4.52. The van der Waals surface area contributed by atoms with E-state index in [9.17, 15) is 0 Å². The molecule has 0 spiro atoms. The van der Waals surface area contributed by atoms with Crippen molar-refractivity contribution < 1.29 is 0 Å². The number of nitrogens with one attached hydrogen (secondary N) is 1. The Morgan fingerprint density at radius 2 is 2.44 bits per heavy atom. The molecule has 0 aliphatic rings. The minimum atomic E-state index is 1.18. The highest BCUT2D eigenvalue weighted by molar-refractivity contribution is 9.11. The van der Waals surface area contributed by atoms with Gasteiger partial charge >= 0.3 is 0 Å². The average molecular weight is 202 g/mol. The molecule has 0 fully saturated rings. The minimum Gasteiger partial charge on any atom is -0.360 e. The maximum atomic E-state index is 3.40. The summed E-state index contributed by atoms with van der Waals surface area (Å²) in [6.45, 7) is 0. The number of halogens is 1. The van der Waals surface area contributed by atoms with Crippen LogP contribution >= 0.6 is 27.3 Å². The van der Waals surface area contributed by atoms with Gasteiger partial charge in [-0.2, -0.15) is 0 Å². The lowest BCUT2D eigenvalue weighted by atomic mass is 10.5. The molecule has 2 heterocycles. The third-order valence-corrected chi connectivity index (χ3v) is 2.81. The highest BCUT2D eigenvalue weighted by Gasteiger charge is 1.96. The number of aromatic amines is 1. The number of aromatic nitrogens is 1. The normalized spacial score (nSPS) is 10.8. The summed E-state index contributed by atoms with van der Waals surface area (Å²) < 4.78 is 2.49. The molecule has 0 bridgehead atoms. The van der Waals surface area contributed by atoms with Gasteiger partial charge in [-0.3, -0.25) is 0 Å². The molecule has 46 valence electrons. The van der Waals surface area contributed by atoms with E-state index in [1.54, 1.807) is 11.3 Å². The van der Waals surface area contributed by atoms with E-state index in [1.165, 1.54) is 14.0 Å². The fourth-order valence-corrected chi connectivity index (χ4v) is 2.32. The molecule has 2 aromatic rings. The third kappa shape index (κ3) is 0.804. The molecule has 0 radical (unpaired) electrons. The Kier molecular flexibility index (Phi) is 1.13. The van der Waals surface area contributed by atoms with Gasteiger partial charge in [-0.1, -0.05) is 0 Å². The second kappa shape index (κ2) is 1.85. The minimum absolute atomic E-state index is 1.18. The topological polar surface area (TPSA) is 15.8 Å². The second-order valence-electron chi connectivity index (χ2n) is 1.81. The van der Waals surface area contributed by atoms with E-state index < -0.39 is 0 Å². The van der Waals surface area contributed by atoms with Crippen LogP contribution in [-0.4, -0.2) is 4.98 Å². The van der Waals surface area contributed by atoms with Gasteiger partial charge in [0.05, 0.1) is 14.0 Å². The van der Waals surface area contributed by atoms with Crippen molar-refractivity contribution in [1.29, 1.82) is 0 Å². The number of H-pyrrole nitrogens is 1. The summed E-state index contributed by atoms with van der Waals surface area (Å²) >= 11 is 5.15. The molecule has 0 saturated carbocycles. The van der Waals surface area contributed by atoms with Gasteiger partial charge in [0.25, 0.3) is 0 Å². The maximum Gasteiger partial charge on any atom is 0.0726 e. The van der Waals surface area contributed by atoms with Crippen molar-refractivity contribution in [2.75, 3.05) is 0 Å². The molecule has 1 N–H and O–H groups in total. The average Bonchev–Trinajstić information content (AvgIpc) is 2.22.